The Labute approximate surface area is 149 Å². The first-order valence-electron chi connectivity index (χ1n) is 8.53. The van der Waals surface area contributed by atoms with Gasteiger partial charge in [-0.05, 0) is 31.2 Å². The lowest BCUT2D eigenvalue weighted by atomic mass is 9.96. The molecule has 3 rings (SSSR count). The Morgan fingerprint density at radius 1 is 1.12 bits per heavy atom. The minimum atomic E-state index is -0.270. The highest BCUT2D eigenvalue weighted by Gasteiger charge is 2.33. The predicted octanol–water partition coefficient (Wildman–Crippen LogP) is 1.67. The van der Waals surface area contributed by atoms with Gasteiger partial charge in [-0.15, -0.1) is 12.4 Å². The lowest BCUT2D eigenvalue weighted by Gasteiger charge is -2.34. The van der Waals surface area contributed by atoms with E-state index in [1.54, 1.807) is 0 Å². The number of benzene rings is 1. The van der Waals surface area contributed by atoms with Gasteiger partial charge in [0, 0.05) is 31.6 Å². The van der Waals surface area contributed by atoms with Crippen LogP contribution in [0.3, 0.4) is 0 Å². The Morgan fingerprint density at radius 3 is 2.29 bits per heavy atom. The molecule has 2 amide bonds. The molecule has 3 N–H and O–H groups in total. The van der Waals surface area contributed by atoms with Crippen molar-refractivity contribution in [3.05, 3.63) is 35.9 Å². The van der Waals surface area contributed by atoms with Crippen molar-refractivity contribution in [3.63, 3.8) is 0 Å². The molecule has 132 valence electrons. The molecule has 2 fully saturated rings. The van der Waals surface area contributed by atoms with Gasteiger partial charge in [-0.25, -0.2) is 0 Å². The van der Waals surface area contributed by atoms with Crippen molar-refractivity contribution in [1.82, 2.24) is 10.2 Å². The zero-order chi connectivity index (χ0) is 16.2. The Bertz CT molecular complexity index is 555. The molecule has 1 aliphatic carbocycles. The van der Waals surface area contributed by atoms with E-state index < -0.39 is 0 Å². The molecule has 1 aromatic rings. The van der Waals surface area contributed by atoms with E-state index in [0.717, 1.165) is 31.2 Å². The van der Waals surface area contributed by atoms with E-state index in [4.69, 9.17) is 5.73 Å². The highest BCUT2D eigenvalue weighted by molar-refractivity contribution is 5.85. The van der Waals surface area contributed by atoms with Crippen molar-refractivity contribution in [1.29, 1.82) is 0 Å². The third-order valence-corrected chi connectivity index (χ3v) is 4.84. The Kier molecular flexibility index (Phi) is 6.63. The SMILES string of the molecule is Cl.NCC(C(=O)N1CCC(NC(=O)C2CC2)CC1)c1ccccc1. The summed E-state index contributed by atoms with van der Waals surface area (Å²) < 4.78 is 0. The summed E-state index contributed by atoms with van der Waals surface area (Å²) in [5, 5.41) is 3.11. The molecule has 6 heteroatoms. The fraction of sp³-hybridized carbons (Fsp3) is 0.556. The van der Waals surface area contributed by atoms with Crippen molar-refractivity contribution >= 4 is 24.2 Å². The smallest absolute Gasteiger partial charge is 0.231 e. The third kappa shape index (κ3) is 4.48. The van der Waals surface area contributed by atoms with Crippen LogP contribution < -0.4 is 11.1 Å². The molecule has 5 nitrogen and oxygen atoms in total. The number of amides is 2. The summed E-state index contributed by atoms with van der Waals surface area (Å²) in [7, 11) is 0. The normalized spacial score (nSPS) is 19.3. The van der Waals surface area contributed by atoms with Gasteiger partial charge < -0.3 is 16.0 Å². The van der Waals surface area contributed by atoms with E-state index in [1.807, 2.05) is 35.2 Å². The van der Waals surface area contributed by atoms with Gasteiger partial charge in [0.25, 0.3) is 0 Å². The first-order valence-corrected chi connectivity index (χ1v) is 8.53. The van der Waals surface area contributed by atoms with Gasteiger partial charge in [0.1, 0.15) is 0 Å². The summed E-state index contributed by atoms with van der Waals surface area (Å²) in [4.78, 5) is 26.4. The number of halogens is 1. The second kappa shape index (κ2) is 8.49. The van der Waals surface area contributed by atoms with Gasteiger partial charge in [0.2, 0.25) is 11.8 Å². The first-order chi connectivity index (χ1) is 11.2. The zero-order valence-corrected chi connectivity index (χ0v) is 14.6. The molecule has 1 unspecified atom stereocenters. The summed E-state index contributed by atoms with van der Waals surface area (Å²) in [5.74, 6) is 0.271. The number of piperidine rings is 1. The molecule has 1 aliphatic heterocycles. The minimum absolute atomic E-state index is 0. The number of rotatable bonds is 5. The quantitative estimate of drug-likeness (QED) is 0.847. The molecule has 0 aromatic heterocycles. The van der Waals surface area contributed by atoms with Crippen molar-refractivity contribution in [3.8, 4) is 0 Å². The van der Waals surface area contributed by atoms with Gasteiger partial charge >= 0.3 is 0 Å². The van der Waals surface area contributed by atoms with Crippen LogP contribution in [-0.2, 0) is 9.59 Å². The van der Waals surface area contributed by atoms with Crippen LogP contribution in [0, 0.1) is 5.92 Å². The maximum absolute atomic E-state index is 12.7. The van der Waals surface area contributed by atoms with E-state index in [-0.39, 0.29) is 42.1 Å². The molecular weight excluding hydrogens is 326 g/mol. The molecule has 1 saturated heterocycles. The number of carbonyl (C=O) groups excluding carboxylic acids is 2. The summed E-state index contributed by atoms with van der Waals surface area (Å²) in [5.41, 5.74) is 6.82. The molecule has 24 heavy (non-hydrogen) atoms. The van der Waals surface area contributed by atoms with E-state index in [1.165, 1.54) is 0 Å². The largest absolute Gasteiger partial charge is 0.353 e. The summed E-state index contributed by atoms with van der Waals surface area (Å²) >= 11 is 0. The van der Waals surface area contributed by atoms with Gasteiger partial charge in [-0.1, -0.05) is 30.3 Å². The van der Waals surface area contributed by atoms with E-state index in [2.05, 4.69) is 5.32 Å². The number of carbonyl (C=O) groups is 2. The van der Waals surface area contributed by atoms with E-state index in [0.29, 0.717) is 19.6 Å². The van der Waals surface area contributed by atoms with Crippen LogP contribution in [0.4, 0.5) is 0 Å². The van der Waals surface area contributed by atoms with Crippen molar-refractivity contribution in [2.45, 2.75) is 37.6 Å². The van der Waals surface area contributed by atoms with Crippen molar-refractivity contribution < 1.29 is 9.59 Å². The van der Waals surface area contributed by atoms with Crippen LogP contribution in [0.15, 0.2) is 30.3 Å². The lowest BCUT2D eigenvalue weighted by molar-refractivity contribution is -0.133. The van der Waals surface area contributed by atoms with Gasteiger partial charge in [-0.3, -0.25) is 9.59 Å². The van der Waals surface area contributed by atoms with Crippen LogP contribution in [0.1, 0.15) is 37.2 Å². The fourth-order valence-corrected chi connectivity index (χ4v) is 3.19. The minimum Gasteiger partial charge on any atom is -0.353 e. The maximum Gasteiger partial charge on any atom is 0.231 e. The molecule has 1 aromatic carbocycles. The maximum atomic E-state index is 12.7. The van der Waals surface area contributed by atoms with E-state index >= 15 is 0 Å². The van der Waals surface area contributed by atoms with Crippen LogP contribution in [0.2, 0.25) is 0 Å². The summed E-state index contributed by atoms with van der Waals surface area (Å²) in [6.45, 7) is 1.71. The molecule has 2 aliphatic rings. The van der Waals surface area contributed by atoms with Crippen LogP contribution in [-0.4, -0.2) is 42.4 Å². The summed E-state index contributed by atoms with van der Waals surface area (Å²) in [6.07, 6.45) is 3.71. The Morgan fingerprint density at radius 2 is 1.75 bits per heavy atom. The number of likely N-dealkylation sites (tertiary alicyclic amines) is 1. The number of nitrogens with zero attached hydrogens (tertiary/aromatic N) is 1. The Hall–Kier alpha value is -1.59. The second-order valence-electron chi connectivity index (χ2n) is 6.58. The number of nitrogens with one attached hydrogen (secondary N) is 1. The summed E-state index contributed by atoms with van der Waals surface area (Å²) in [6, 6.07) is 9.93. The molecule has 0 spiro atoms. The number of hydrogen-bond donors (Lipinski definition) is 2. The van der Waals surface area contributed by atoms with Crippen LogP contribution in [0.5, 0.6) is 0 Å². The van der Waals surface area contributed by atoms with Crippen molar-refractivity contribution in [2.75, 3.05) is 19.6 Å². The Balaban J connectivity index is 0.00000208. The predicted molar refractivity (Wildman–Crippen MR) is 96.0 cm³/mol. The molecule has 0 bridgehead atoms. The molecule has 1 heterocycles. The first kappa shape index (κ1) is 18.7. The topological polar surface area (TPSA) is 75.4 Å². The zero-order valence-electron chi connectivity index (χ0n) is 13.8. The second-order valence-corrected chi connectivity index (χ2v) is 6.58. The lowest BCUT2D eigenvalue weighted by Crippen LogP contribution is -2.48. The van der Waals surface area contributed by atoms with Crippen LogP contribution in [0.25, 0.3) is 0 Å². The van der Waals surface area contributed by atoms with E-state index in [9.17, 15) is 9.59 Å². The molecule has 0 radical (unpaired) electrons. The average Bonchev–Trinajstić information content (AvgIpc) is 3.42. The van der Waals surface area contributed by atoms with Gasteiger partial charge in [-0.2, -0.15) is 0 Å². The monoisotopic (exact) mass is 351 g/mol. The van der Waals surface area contributed by atoms with Crippen LogP contribution >= 0.6 is 12.4 Å². The van der Waals surface area contributed by atoms with Crippen molar-refractivity contribution in [2.24, 2.45) is 11.7 Å². The average molecular weight is 352 g/mol. The van der Waals surface area contributed by atoms with Gasteiger partial charge in [0.05, 0.1) is 5.92 Å². The molecule has 1 saturated carbocycles. The molecular formula is C18H26ClN3O2. The number of nitrogens with two attached hydrogens (primary N) is 1. The third-order valence-electron chi connectivity index (χ3n) is 4.84. The highest BCUT2D eigenvalue weighted by atomic mass is 35.5. The van der Waals surface area contributed by atoms with Gasteiger partial charge in [0.15, 0.2) is 0 Å². The standard InChI is InChI=1S/C18H25N3O2.ClH/c19-12-16(13-4-2-1-3-5-13)18(23)21-10-8-15(9-11-21)20-17(22)14-6-7-14;/h1-5,14-16H,6-12,19H2,(H,20,22);1H. The highest BCUT2D eigenvalue weighted by Crippen LogP contribution is 2.29. The fourth-order valence-electron chi connectivity index (χ4n) is 3.19. The molecule has 1 atom stereocenters. The number of hydrogen-bond acceptors (Lipinski definition) is 3.